The number of hydrogen-bond acceptors (Lipinski definition) is 23. The third-order valence-electron chi connectivity index (χ3n) is 14.8. The minimum atomic E-state index is -1.42. The SMILES string of the molecule is Cc1sc2nc1C(=O)N[C@@H]([C@H](O)c1ccccc1)c1nc(cs1)C(=O)N[C@@H](Cc1ccc(O)cc1)C(=O)N1C[C@H](O)[C@H](C)[C@@H]1c1nc(cs1)-c1nc(cs1)-c1nc(-c3nc(C(=O)NCCCCCC(=O)O)cs3)ccc1-c1nc(cs1)C(=O)N[C@H]2CC(N)=O. The summed E-state index contributed by atoms with van der Waals surface area (Å²) in [5.41, 5.74) is 8.70. The first-order valence-electron chi connectivity index (χ1n) is 27.8. The fourth-order valence-corrected chi connectivity index (χ4v) is 15.5. The van der Waals surface area contributed by atoms with Gasteiger partial charge >= 0.3 is 5.97 Å². The fourth-order valence-electron chi connectivity index (χ4n) is 10.2. The Labute approximate surface area is 531 Å². The molecule has 24 nitrogen and oxygen atoms in total. The number of phenols is 1. The van der Waals surface area contributed by atoms with E-state index in [9.17, 15) is 44.1 Å². The smallest absolute Gasteiger partial charge is 0.303 e. The van der Waals surface area contributed by atoms with Gasteiger partial charge in [0.25, 0.3) is 23.6 Å². The number of aryl methyl sites for hydroxylation is 1. The number of carbonyl (C=O) groups is 7. The molecule has 30 heteroatoms. The van der Waals surface area contributed by atoms with Crippen LogP contribution in [-0.2, 0) is 20.8 Å². The number of nitrogens with two attached hydrogens (primary N) is 1. The van der Waals surface area contributed by atoms with Gasteiger partial charge in [0, 0.05) is 69.2 Å². The molecule has 9 heterocycles. The molecule has 0 saturated carbocycles. The maximum absolute atomic E-state index is 15.2. The largest absolute Gasteiger partial charge is 0.508 e. The lowest BCUT2D eigenvalue weighted by Gasteiger charge is -2.29. The summed E-state index contributed by atoms with van der Waals surface area (Å²) in [6.45, 7) is 3.67. The van der Waals surface area contributed by atoms with E-state index in [2.05, 4.69) is 36.2 Å². The number of thiazole rings is 6. The van der Waals surface area contributed by atoms with E-state index in [1.807, 2.05) is 6.92 Å². The van der Waals surface area contributed by atoms with Gasteiger partial charge in [-0.1, -0.05) is 55.8 Å². The molecule has 2 aromatic carbocycles. The number of aliphatic carboxylic acids is 1. The Morgan fingerprint density at radius 2 is 1.35 bits per heavy atom. The van der Waals surface area contributed by atoms with Crippen LogP contribution in [0.1, 0.15) is 136 Å². The van der Waals surface area contributed by atoms with Gasteiger partial charge in [-0.15, -0.1) is 68.0 Å². The average Bonchev–Trinajstić information content (AvgIpc) is 4.26. The second-order valence-corrected chi connectivity index (χ2v) is 26.6. The van der Waals surface area contributed by atoms with Gasteiger partial charge in [0.05, 0.1) is 30.3 Å². The molecule has 89 heavy (non-hydrogen) atoms. The van der Waals surface area contributed by atoms with Gasteiger partial charge in [-0.25, -0.2) is 34.9 Å². The number of carbonyl (C=O) groups excluding carboxylic acids is 6. The van der Waals surface area contributed by atoms with Crippen molar-refractivity contribution in [3.8, 4) is 49.1 Å². The van der Waals surface area contributed by atoms with E-state index in [0.29, 0.717) is 90.2 Å². The zero-order chi connectivity index (χ0) is 62.6. The molecule has 11 rings (SSSR count). The number of phenolic OH excluding ortho intramolecular Hbond substituents is 1. The van der Waals surface area contributed by atoms with Crippen molar-refractivity contribution in [2.75, 3.05) is 13.1 Å². The molecule has 0 unspecified atom stereocenters. The van der Waals surface area contributed by atoms with E-state index in [0.717, 1.165) is 34.0 Å². The molecule has 10 bridgehead atoms. The third kappa shape index (κ3) is 14.0. The number of rotatable bonds is 14. The lowest BCUT2D eigenvalue weighted by molar-refractivity contribution is -0.137. The van der Waals surface area contributed by atoms with E-state index < -0.39 is 90.1 Å². The van der Waals surface area contributed by atoms with Crippen molar-refractivity contribution in [2.24, 2.45) is 11.7 Å². The monoisotopic (exact) mass is 1310 g/mol. The average molecular weight is 1310 g/mol. The van der Waals surface area contributed by atoms with Crippen LogP contribution in [-0.4, -0.2) is 127 Å². The number of nitrogens with zero attached hydrogens (tertiary/aromatic N) is 8. The van der Waals surface area contributed by atoms with Gasteiger partial charge in [-0.3, -0.25) is 33.6 Å². The van der Waals surface area contributed by atoms with Crippen molar-refractivity contribution in [2.45, 2.75) is 88.7 Å². The molecule has 2 aliphatic heterocycles. The van der Waals surface area contributed by atoms with Crippen LogP contribution in [0.5, 0.6) is 5.75 Å². The summed E-state index contributed by atoms with van der Waals surface area (Å²) in [5, 5.41) is 64.2. The topological polar surface area (TPSA) is 368 Å². The van der Waals surface area contributed by atoms with Crippen LogP contribution in [0.15, 0.2) is 93.6 Å². The van der Waals surface area contributed by atoms with Crippen LogP contribution in [0.2, 0.25) is 0 Å². The van der Waals surface area contributed by atoms with Crippen molar-refractivity contribution in [3.05, 3.63) is 147 Å². The Kier molecular flexibility index (Phi) is 18.8. The molecular weight excluding hydrogens is 1260 g/mol. The number of aromatic hydroxyl groups is 1. The molecule has 1 saturated heterocycles. The minimum absolute atomic E-state index is 0.00812. The highest BCUT2D eigenvalue weighted by atomic mass is 32.1. The first-order valence-corrected chi connectivity index (χ1v) is 33.0. The van der Waals surface area contributed by atoms with E-state index in [1.165, 1.54) is 61.8 Å². The van der Waals surface area contributed by atoms with Crippen LogP contribution >= 0.6 is 68.0 Å². The molecule has 0 spiro atoms. The summed E-state index contributed by atoms with van der Waals surface area (Å²) in [7, 11) is 0. The van der Waals surface area contributed by atoms with Crippen molar-refractivity contribution >= 4 is 109 Å². The number of nitrogens with one attached hydrogen (secondary N) is 4. The molecular formula is C59H55N13O11S6. The summed E-state index contributed by atoms with van der Waals surface area (Å²) in [6, 6.07) is 13.7. The summed E-state index contributed by atoms with van der Waals surface area (Å²) >= 11 is 6.88. The van der Waals surface area contributed by atoms with Crippen LogP contribution in [0.25, 0.3) is 43.4 Å². The Morgan fingerprint density at radius 3 is 2.11 bits per heavy atom. The van der Waals surface area contributed by atoms with E-state index in [-0.39, 0.29) is 57.9 Å². The molecule has 10 N–H and O–H groups in total. The van der Waals surface area contributed by atoms with E-state index in [1.54, 1.807) is 77.7 Å². The molecule has 7 aromatic heterocycles. The number of carboxylic acids is 1. The van der Waals surface area contributed by atoms with Gasteiger partial charge in [0.2, 0.25) is 11.8 Å². The van der Waals surface area contributed by atoms with Crippen LogP contribution in [0.3, 0.4) is 0 Å². The Hall–Kier alpha value is -8.62. The normalized spacial score (nSPS) is 19.2. The number of pyridine rings is 1. The lowest BCUT2D eigenvalue weighted by atomic mass is 10.00. The summed E-state index contributed by atoms with van der Waals surface area (Å²) in [6.07, 6.45) is -1.10. The molecule has 9 aromatic rings. The molecule has 2 aliphatic rings. The highest BCUT2D eigenvalue weighted by molar-refractivity contribution is 7.15. The zero-order valence-electron chi connectivity index (χ0n) is 47.2. The number of unbranched alkanes of at least 4 members (excludes halogenated alkanes) is 2. The van der Waals surface area contributed by atoms with Gasteiger partial charge in [-0.2, -0.15) is 0 Å². The number of aliphatic hydroxyl groups excluding tert-OH is 2. The van der Waals surface area contributed by atoms with Crippen LogP contribution in [0, 0.1) is 12.8 Å². The van der Waals surface area contributed by atoms with Crippen molar-refractivity contribution in [1.29, 1.82) is 0 Å². The molecule has 1 fully saturated rings. The van der Waals surface area contributed by atoms with Crippen LogP contribution < -0.4 is 27.0 Å². The van der Waals surface area contributed by atoms with Gasteiger partial charge in [-0.05, 0) is 55.2 Å². The number of aromatic nitrogens is 7. The highest BCUT2D eigenvalue weighted by Gasteiger charge is 2.45. The van der Waals surface area contributed by atoms with E-state index >= 15 is 4.79 Å². The number of primary amides is 1. The molecule has 0 radical (unpaired) electrons. The lowest BCUT2D eigenvalue weighted by Crippen LogP contribution is -2.50. The van der Waals surface area contributed by atoms with Gasteiger partial charge < -0.3 is 52.3 Å². The zero-order valence-corrected chi connectivity index (χ0v) is 52.1. The number of fused-ring (bicyclic) bond motifs is 16. The van der Waals surface area contributed by atoms with Gasteiger partial charge in [0.1, 0.15) is 93.8 Å². The predicted octanol–water partition coefficient (Wildman–Crippen LogP) is 7.66. The number of carboxylic acid groups (broad SMARTS) is 1. The first kappa shape index (κ1) is 62.0. The number of hydrogen-bond donors (Lipinski definition) is 9. The molecule has 0 aliphatic carbocycles. The minimum Gasteiger partial charge on any atom is -0.508 e. The second-order valence-electron chi connectivity index (χ2n) is 21.0. The highest BCUT2D eigenvalue weighted by Crippen LogP contribution is 2.43. The summed E-state index contributed by atoms with van der Waals surface area (Å²) in [5.74, 6) is -5.34. The van der Waals surface area contributed by atoms with Crippen LogP contribution in [0.4, 0.5) is 0 Å². The number of aliphatic hydroxyl groups is 2. The standard InChI is InChI=1S/C59H55N13O11S6/c1-27-41(74)21-72-47(27)58-69-40(26-88-58)55-65-36(22-85-55)45-32(16-17-33(62-45)54-67-37(23-86-54)49(79)61-18-8-4-7-11-43(76)77)53-66-38(24-84-53)50(80)63-34(20-42(60)75)56-71-44(28(2)89-56)52(82)70-46(48(78)30-9-5-3-6-10-30)57-68-39(25-87-57)51(81)64-35(59(72)83)19-29-12-14-31(73)15-13-29/h3,5-6,9-10,12-17,22-27,34-35,41,46-48,73-74,78H,4,7-8,11,18-21H2,1-2H3,(H2,60,75)(H,61,79)(H,63,80)(H,64,81)(H,70,82)(H,76,77)/t27-,34-,35-,41-,46-,47+,48+/m0/s1. The van der Waals surface area contributed by atoms with Crippen molar-refractivity contribution in [3.63, 3.8) is 0 Å². The Bertz CT molecular complexity index is 4120. The quantitative estimate of drug-likeness (QED) is 0.0471. The molecule has 6 amide bonds. The Morgan fingerprint density at radius 1 is 0.685 bits per heavy atom. The third-order valence-corrected chi connectivity index (χ3v) is 20.3. The molecule has 458 valence electrons. The maximum atomic E-state index is 15.2. The first-order chi connectivity index (χ1) is 42.8. The van der Waals surface area contributed by atoms with Crippen molar-refractivity contribution < 1.29 is 54.0 Å². The van der Waals surface area contributed by atoms with Crippen molar-refractivity contribution in [1.82, 2.24) is 61.1 Å². The molecule has 7 atom stereocenters. The number of amides is 6. The fraction of sp³-hybridized carbons (Fsp3) is 0.288. The van der Waals surface area contributed by atoms with Gasteiger partial charge in [0.15, 0.2) is 0 Å². The summed E-state index contributed by atoms with van der Waals surface area (Å²) in [4.78, 5) is 131. The maximum Gasteiger partial charge on any atom is 0.303 e. The Balaban J connectivity index is 0.982. The second kappa shape index (κ2) is 27.0. The van der Waals surface area contributed by atoms with E-state index in [4.69, 9.17) is 30.8 Å². The number of benzene rings is 2. The predicted molar refractivity (Wildman–Crippen MR) is 334 cm³/mol. The summed E-state index contributed by atoms with van der Waals surface area (Å²) < 4.78 is 0.